The highest BCUT2D eigenvalue weighted by Gasteiger charge is 2.19. The van der Waals surface area contributed by atoms with E-state index in [0.717, 1.165) is 5.92 Å². The van der Waals surface area contributed by atoms with Crippen LogP contribution < -0.4 is 0 Å². The standard InChI is InChI=1S/C11H19/c1-3-4-8-11-9-6-5-7-10(11)2/h3-4,11H,5-9H2,1-2H3/b4-3+. The Kier molecular flexibility index (Phi) is 3.68. The van der Waals surface area contributed by atoms with Crippen molar-refractivity contribution in [3.63, 3.8) is 0 Å². The molecule has 0 bridgehead atoms. The topological polar surface area (TPSA) is 0 Å². The summed E-state index contributed by atoms with van der Waals surface area (Å²) in [5.74, 6) is 2.63. The largest absolute Gasteiger partial charge is 0.0917 e. The minimum Gasteiger partial charge on any atom is -0.0917 e. The molecule has 0 amide bonds. The number of hydrogen-bond acceptors (Lipinski definition) is 0. The second-order valence-electron chi connectivity index (χ2n) is 3.59. The van der Waals surface area contributed by atoms with Gasteiger partial charge in [0.05, 0.1) is 0 Å². The van der Waals surface area contributed by atoms with E-state index in [1.807, 2.05) is 0 Å². The van der Waals surface area contributed by atoms with Gasteiger partial charge in [0, 0.05) is 0 Å². The Labute approximate surface area is 70.7 Å². The van der Waals surface area contributed by atoms with Crippen molar-refractivity contribution in [2.24, 2.45) is 5.92 Å². The molecule has 63 valence electrons. The molecule has 0 N–H and O–H groups in total. The number of hydrogen-bond donors (Lipinski definition) is 0. The van der Waals surface area contributed by atoms with E-state index in [1.54, 1.807) is 5.92 Å². The van der Waals surface area contributed by atoms with Crippen LogP contribution in [-0.4, -0.2) is 0 Å². The highest BCUT2D eigenvalue weighted by Crippen LogP contribution is 2.33. The van der Waals surface area contributed by atoms with Gasteiger partial charge in [-0.2, -0.15) is 0 Å². The van der Waals surface area contributed by atoms with E-state index in [4.69, 9.17) is 0 Å². The third kappa shape index (κ3) is 2.69. The molecule has 1 atom stereocenters. The van der Waals surface area contributed by atoms with Gasteiger partial charge < -0.3 is 0 Å². The van der Waals surface area contributed by atoms with Gasteiger partial charge >= 0.3 is 0 Å². The highest BCUT2D eigenvalue weighted by atomic mass is 14.2. The SMILES string of the molecule is C/C=C/CC1CCCC[C]1C. The van der Waals surface area contributed by atoms with Crippen molar-refractivity contribution in [2.45, 2.75) is 46.0 Å². The van der Waals surface area contributed by atoms with Gasteiger partial charge in [-0.1, -0.05) is 31.9 Å². The number of rotatable bonds is 2. The van der Waals surface area contributed by atoms with Crippen molar-refractivity contribution in [1.82, 2.24) is 0 Å². The number of allylic oxidation sites excluding steroid dienone is 2. The Morgan fingerprint density at radius 2 is 2.27 bits per heavy atom. The lowest BCUT2D eigenvalue weighted by Gasteiger charge is -2.27. The van der Waals surface area contributed by atoms with Gasteiger partial charge in [0.15, 0.2) is 0 Å². The normalized spacial score (nSPS) is 28.0. The quantitative estimate of drug-likeness (QED) is 0.527. The van der Waals surface area contributed by atoms with Gasteiger partial charge in [0.1, 0.15) is 0 Å². The Balaban J connectivity index is 2.29. The zero-order valence-corrected chi connectivity index (χ0v) is 7.77. The molecule has 0 aliphatic heterocycles. The van der Waals surface area contributed by atoms with Gasteiger partial charge in [-0.25, -0.2) is 0 Å². The molecule has 1 radical (unpaired) electrons. The van der Waals surface area contributed by atoms with Crippen LogP contribution in [-0.2, 0) is 0 Å². The lowest BCUT2D eigenvalue weighted by atomic mass is 9.79. The molecular formula is C11H19. The van der Waals surface area contributed by atoms with Gasteiger partial charge in [-0.15, -0.1) is 0 Å². The predicted molar refractivity (Wildman–Crippen MR) is 50.3 cm³/mol. The molecule has 0 heterocycles. The maximum absolute atomic E-state index is 2.33. The van der Waals surface area contributed by atoms with Crippen LogP contribution in [0, 0.1) is 11.8 Å². The molecule has 1 saturated carbocycles. The molecule has 0 aromatic heterocycles. The third-order valence-corrected chi connectivity index (χ3v) is 2.73. The van der Waals surface area contributed by atoms with Crippen LogP contribution in [0.2, 0.25) is 0 Å². The average molecular weight is 151 g/mol. The van der Waals surface area contributed by atoms with Crippen LogP contribution in [0.3, 0.4) is 0 Å². The predicted octanol–water partition coefficient (Wildman–Crippen LogP) is 3.74. The first-order valence-corrected chi connectivity index (χ1v) is 4.78. The van der Waals surface area contributed by atoms with E-state index in [2.05, 4.69) is 26.0 Å². The summed E-state index contributed by atoms with van der Waals surface area (Å²) in [5, 5.41) is 0. The molecule has 1 aliphatic carbocycles. The summed E-state index contributed by atoms with van der Waals surface area (Å²) in [5.41, 5.74) is 0. The smallest absolute Gasteiger partial charge is 0.0238 e. The summed E-state index contributed by atoms with van der Waals surface area (Å²) >= 11 is 0. The summed E-state index contributed by atoms with van der Waals surface area (Å²) in [6, 6.07) is 0. The van der Waals surface area contributed by atoms with Crippen LogP contribution in [0.5, 0.6) is 0 Å². The molecule has 0 aromatic rings. The summed E-state index contributed by atoms with van der Waals surface area (Å²) in [6.07, 6.45) is 11.4. The Morgan fingerprint density at radius 3 is 2.91 bits per heavy atom. The van der Waals surface area contributed by atoms with Crippen molar-refractivity contribution in [3.8, 4) is 0 Å². The van der Waals surface area contributed by atoms with E-state index < -0.39 is 0 Å². The van der Waals surface area contributed by atoms with Crippen molar-refractivity contribution in [3.05, 3.63) is 18.1 Å². The molecular weight excluding hydrogens is 132 g/mol. The van der Waals surface area contributed by atoms with Crippen molar-refractivity contribution in [1.29, 1.82) is 0 Å². The lowest BCUT2D eigenvalue weighted by Crippen LogP contribution is -2.13. The maximum atomic E-state index is 2.33. The van der Waals surface area contributed by atoms with Crippen LogP contribution in [0.25, 0.3) is 0 Å². The molecule has 0 nitrogen and oxygen atoms in total. The molecule has 0 spiro atoms. The van der Waals surface area contributed by atoms with E-state index in [-0.39, 0.29) is 0 Å². The molecule has 1 rings (SSSR count). The minimum atomic E-state index is 0.903. The molecule has 1 aliphatic rings. The summed E-state index contributed by atoms with van der Waals surface area (Å²) in [4.78, 5) is 0. The Bertz CT molecular complexity index is 124. The molecule has 0 saturated heterocycles. The molecule has 11 heavy (non-hydrogen) atoms. The Hall–Kier alpha value is -0.260. The van der Waals surface area contributed by atoms with Crippen LogP contribution in [0.4, 0.5) is 0 Å². The van der Waals surface area contributed by atoms with E-state index >= 15 is 0 Å². The lowest BCUT2D eigenvalue weighted by molar-refractivity contribution is 0.399. The zero-order valence-electron chi connectivity index (χ0n) is 7.77. The van der Waals surface area contributed by atoms with Crippen molar-refractivity contribution in [2.75, 3.05) is 0 Å². The first-order valence-electron chi connectivity index (χ1n) is 4.78. The second kappa shape index (κ2) is 4.58. The Morgan fingerprint density at radius 1 is 1.45 bits per heavy atom. The summed E-state index contributed by atoms with van der Waals surface area (Å²) in [6.45, 7) is 4.44. The van der Waals surface area contributed by atoms with E-state index in [1.165, 1.54) is 32.1 Å². The monoisotopic (exact) mass is 151 g/mol. The van der Waals surface area contributed by atoms with Crippen LogP contribution >= 0.6 is 0 Å². The van der Waals surface area contributed by atoms with Gasteiger partial charge in [0.25, 0.3) is 0 Å². The molecule has 0 heteroatoms. The fourth-order valence-electron chi connectivity index (χ4n) is 1.86. The van der Waals surface area contributed by atoms with Gasteiger partial charge in [-0.3, -0.25) is 0 Å². The maximum Gasteiger partial charge on any atom is -0.0238 e. The first-order chi connectivity index (χ1) is 5.34. The van der Waals surface area contributed by atoms with Crippen LogP contribution in [0.15, 0.2) is 12.2 Å². The first kappa shape index (κ1) is 8.83. The minimum absolute atomic E-state index is 0.903. The second-order valence-corrected chi connectivity index (χ2v) is 3.59. The van der Waals surface area contributed by atoms with Crippen molar-refractivity contribution >= 4 is 0 Å². The zero-order chi connectivity index (χ0) is 8.10. The third-order valence-electron chi connectivity index (χ3n) is 2.73. The van der Waals surface area contributed by atoms with E-state index in [0.29, 0.717) is 0 Å². The summed E-state index contributed by atoms with van der Waals surface area (Å²) in [7, 11) is 0. The van der Waals surface area contributed by atoms with E-state index in [9.17, 15) is 0 Å². The van der Waals surface area contributed by atoms with Gasteiger partial charge in [-0.05, 0) is 38.0 Å². The molecule has 1 unspecified atom stereocenters. The summed E-state index contributed by atoms with van der Waals surface area (Å²) < 4.78 is 0. The highest BCUT2D eigenvalue weighted by molar-refractivity contribution is 4.98. The molecule has 1 fully saturated rings. The average Bonchev–Trinajstić information content (AvgIpc) is 2.03. The van der Waals surface area contributed by atoms with Gasteiger partial charge in [0.2, 0.25) is 0 Å². The fourth-order valence-corrected chi connectivity index (χ4v) is 1.86. The van der Waals surface area contributed by atoms with Crippen molar-refractivity contribution < 1.29 is 0 Å². The molecule has 0 aromatic carbocycles. The van der Waals surface area contributed by atoms with Crippen LogP contribution in [0.1, 0.15) is 46.0 Å². The fraction of sp³-hybridized carbons (Fsp3) is 0.727.